The first-order valence-corrected chi connectivity index (χ1v) is 7.49. The highest BCUT2D eigenvalue weighted by atomic mass is 32.2. The molecule has 2 N–H and O–H groups in total. The van der Waals surface area contributed by atoms with E-state index in [1.165, 1.54) is 6.26 Å². The van der Waals surface area contributed by atoms with Gasteiger partial charge in [0, 0.05) is 31.2 Å². The van der Waals surface area contributed by atoms with Crippen LogP contribution in [-0.4, -0.2) is 54.0 Å². The minimum Gasteiger partial charge on any atom is -0.390 e. The van der Waals surface area contributed by atoms with Gasteiger partial charge in [0.2, 0.25) is 0 Å². The van der Waals surface area contributed by atoms with Gasteiger partial charge in [-0.3, -0.25) is 4.68 Å². The SMILES string of the molecule is CC(CS(C)(=O)=O)NCC(O)Cn1cccn1. The van der Waals surface area contributed by atoms with Crippen LogP contribution in [0.2, 0.25) is 0 Å². The van der Waals surface area contributed by atoms with E-state index in [9.17, 15) is 13.5 Å². The zero-order chi connectivity index (χ0) is 12.9. The summed E-state index contributed by atoms with van der Waals surface area (Å²) in [5.41, 5.74) is 0. The first kappa shape index (κ1) is 14.1. The number of aromatic nitrogens is 2. The van der Waals surface area contributed by atoms with Crippen molar-refractivity contribution in [2.45, 2.75) is 25.6 Å². The minimum atomic E-state index is -2.98. The molecule has 0 saturated carbocycles. The molecular weight excluding hydrogens is 242 g/mol. The van der Waals surface area contributed by atoms with Crippen molar-refractivity contribution >= 4 is 9.84 Å². The van der Waals surface area contributed by atoms with E-state index in [4.69, 9.17) is 0 Å². The minimum absolute atomic E-state index is 0.0709. The maximum absolute atomic E-state index is 11.0. The van der Waals surface area contributed by atoms with Crippen molar-refractivity contribution in [3.05, 3.63) is 18.5 Å². The van der Waals surface area contributed by atoms with Crippen LogP contribution in [0.5, 0.6) is 0 Å². The first-order valence-electron chi connectivity index (χ1n) is 5.43. The maximum Gasteiger partial charge on any atom is 0.148 e. The van der Waals surface area contributed by atoms with Crippen LogP contribution in [0.3, 0.4) is 0 Å². The third kappa shape index (κ3) is 6.40. The molecule has 2 unspecified atom stereocenters. The molecule has 0 amide bonds. The molecule has 1 aromatic heterocycles. The zero-order valence-corrected chi connectivity index (χ0v) is 10.9. The van der Waals surface area contributed by atoms with Crippen molar-refractivity contribution < 1.29 is 13.5 Å². The number of nitrogens with one attached hydrogen (secondary N) is 1. The van der Waals surface area contributed by atoms with E-state index >= 15 is 0 Å². The lowest BCUT2D eigenvalue weighted by molar-refractivity contribution is 0.144. The van der Waals surface area contributed by atoms with Gasteiger partial charge in [0.1, 0.15) is 9.84 Å². The van der Waals surface area contributed by atoms with E-state index in [1.807, 2.05) is 0 Å². The summed E-state index contributed by atoms with van der Waals surface area (Å²) in [6.45, 7) is 2.52. The number of sulfone groups is 1. The van der Waals surface area contributed by atoms with Gasteiger partial charge in [-0.05, 0) is 13.0 Å². The van der Waals surface area contributed by atoms with Crippen LogP contribution in [0.25, 0.3) is 0 Å². The van der Waals surface area contributed by atoms with Crippen LogP contribution < -0.4 is 5.32 Å². The molecule has 2 atom stereocenters. The van der Waals surface area contributed by atoms with Gasteiger partial charge in [0.15, 0.2) is 0 Å². The number of nitrogens with zero attached hydrogens (tertiary/aromatic N) is 2. The Morgan fingerprint density at radius 2 is 2.24 bits per heavy atom. The summed E-state index contributed by atoms with van der Waals surface area (Å²) in [4.78, 5) is 0. The van der Waals surface area contributed by atoms with Crippen LogP contribution >= 0.6 is 0 Å². The lowest BCUT2D eigenvalue weighted by atomic mass is 10.3. The summed E-state index contributed by atoms with van der Waals surface area (Å²) >= 11 is 0. The second-order valence-electron chi connectivity index (χ2n) is 4.28. The second kappa shape index (κ2) is 6.13. The largest absolute Gasteiger partial charge is 0.390 e. The Hall–Kier alpha value is -0.920. The molecule has 0 radical (unpaired) electrons. The Morgan fingerprint density at radius 1 is 1.53 bits per heavy atom. The van der Waals surface area contributed by atoms with Gasteiger partial charge in [0.25, 0.3) is 0 Å². The second-order valence-corrected chi connectivity index (χ2v) is 6.47. The first-order chi connectivity index (χ1) is 7.87. The number of rotatable bonds is 7. The molecule has 1 heterocycles. The molecule has 0 fully saturated rings. The van der Waals surface area contributed by atoms with Crippen LogP contribution in [-0.2, 0) is 16.4 Å². The smallest absolute Gasteiger partial charge is 0.148 e. The zero-order valence-electron chi connectivity index (χ0n) is 10.1. The summed E-state index contributed by atoms with van der Waals surface area (Å²) < 4.78 is 23.7. The summed E-state index contributed by atoms with van der Waals surface area (Å²) in [7, 11) is -2.98. The molecule has 0 bridgehead atoms. The molecule has 0 aliphatic heterocycles. The molecule has 98 valence electrons. The maximum atomic E-state index is 11.0. The van der Waals surface area contributed by atoms with E-state index in [0.717, 1.165) is 0 Å². The highest BCUT2D eigenvalue weighted by Gasteiger charge is 2.12. The normalized spacial score (nSPS) is 15.7. The van der Waals surface area contributed by atoms with Gasteiger partial charge in [-0.1, -0.05) is 0 Å². The fraction of sp³-hybridized carbons (Fsp3) is 0.700. The van der Waals surface area contributed by atoms with Crippen molar-refractivity contribution in [2.24, 2.45) is 0 Å². The highest BCUT2D eigenvalue weighted by molar-refractivity contribution is 7.90. The third-order valence-corrected chi connectivity index (χ3v) is 3.32. The topological polar surface area (TPSA) is 84.2 Å². The Labute approximate surface area is 102 Å². The summed E-state index contributed by atoms with van der Waals surface area (Å²) in [6.07, 6.45) is 4.03. The predicted octanol–water partition coefficient (Wildman–Crippen LogP) is -0.733. The van der Waals surface area contributed by atoms with E-state index in [-0.39, 0.29) is 11.8 Å². The molecule has 1 rings (SSSR count). The van der Waals surface area contributed by atoms with Gasteiger partial charge in [0.05, 0.1) is 18.4 Å². The summed E-state index contributed by atoms with van der Waals surface area (Å²) in [5.74, 6) is 0.0709. The predicted molar refractivity (Wildman–Crippen MR) is 65.4 cm³/mol. The standard InChI is InChI=1S/C10H19N3O3S/c1-9(8-17(2,15)16)11-6-10(14)7-13-5-3-4-12-13/h3-5,9-11,14H,6-8H2,1-2H3. The molecule has 0 spiro atoms. The Morgan fingerprint density at radius 3 is 2.76 bits per heavy atom. The Bertz CT molecular complexity index is 416. The van der Waals surface area contributed by atoms with E-state index in [1.54, 1.807) is 30.1 Å². The highest BCUT2D eigenvalue weighted by Crippen LogP contribution is 1.93. The number of aliphatic hydroxyl groups excluding tert-OH is 1. The average molecular weight is 261 g/mol. The molecule has 6 nitrogen and oxygen atoms in total. The summed E-state index contributed by atoms with van der Waals surface area (Å²) in [5, 5.41) is 16.7. The molecule has 1 aromatic rings. The molecule has 0 aliphatic rings. The molecule has 0 saturated heterocycles. The van der Waals surface area contributed by atoms with Crippen molar-refractivity contribution in [2.75, 3.05) is 18.6 Å². The third-order valence-electron chi connectivity index (χ3n) is 2.21. The summed E-state index contributed by atoms with van der Waals surface area (Å²) in [6, 6.07) is 1.61. The average Bonchev–Trinajstić information content (AvgIpc) is 2.64. The molecular formula is C10H19N3O3S. The van der Waals surface area contributed by atoms with E-state index in [2.05, 4.69) is 10.4 Å². The van der Waals surface area contributed by atoms with Gasteiger partial charge < -0.3 is 10.4 Å². The molecule has 7 heteroatoms. The lowest BCUT2D eigenvalue weighted by Gasteiger charge is -2.16. The quantitative estimate of drug-likeness (QED) is 0.676. The van der Waals surface area contributed by atoms with Crippen LogP contribution in [0, 0.1) is 0 Å². The van der Waals surface area contributed by atoms with Crippen molar-refractivity contribution in [1.29, 1.82) is 0 Å². The van der Waals surface area contributed by atoms with E-state index in [0.29, 0.717) is 13.1 Å². The number of hydrogen-bond donors (Lipinski definition) is 2. The van der Waals surface area contributed by atoms with Gasteiger partial charge in [-0.2, -0.15) is 5.10 Å². The van der Waals surface area contributed by atoms with Gasteiger partial charge in [-0.25, -0.2) is 8.42 Å². The molecule has 17 heavy (non-hydrogen) atoms. The fourth-order valence-electron chi connectivity index (χ4n) is 1.54. The van der Waals surface area contributed by atoms with Crippen molar-refractivity contribution in [3.8, 4) is 0 Å². The molecule has 0 aromatic carbocycles. The Kier molecular flexibility index (Phi) is 5.10. The lowest BCUT2D eigenvalue weighted by Crippen LogP contribution is -2.39. The molecule has 0 aliphatic carbocycles. The van der Waals surface area contributed by atoms with Crippen LogP contribution in [0.1, 0.15) is 6.92 Å². The number of hydrogen-bond acceptors (Lipinski definition) is 5. The van der Waals surface area contributed by atoms with E-state index < -0.39 is 15.9 Å². The van der Waals surface area contributed by atoms with Gasteiger partial charge in [-0.15, -0.1) is 0 Å². The van der Waals surface area contributed by atoms with Crippen molar-refractivity contribution in [3.63, 3.8) is 0 Å². The monoisotopic (exact) mass is 261 g/mol. The fourth-order valence-corrected chi connectivity index (χ4v) is 2.57. The number of aliphatic hydroxyl groups is 1. The van der Waals surface area contributed by atoms with Crippen LogP contribution in [0.4, 0.5) is 0 Å². The van der Waals surface area contributed by atoms with Crippen molar-refractivity contribution in [1.82, 2.24) is 15.1 Å². The van der Waals surface area contributed by atoms with Gasteiger partial charge >= 0.3 is 0 Å². The van der Waals surface area contributed by atoms with Crippen LogP contribution in [0.15, 0.2) is 18.5 Å². The Balaban J connectivity index is 2.26.